The number of carbonyl (C=O) groups excluding carboxylic acids is 3. The molecule has 0 saturated heterocycles. The molecule has 1 aromatic carbocycles. The Morgan fingerprint density at radius 3 is 2.00 bits per heavy atom. The maximum absolute atomic E-state index is 12.4. The van der Waals surface area contributed by atoms with E-state index in [-0.39, 0.29) is 30.3 Å². The van der Waals surface area contributed by atoms with Crippen LogP contribution in [0, 0.1) is 0 Å². The highest BCUT2D eigenvalue weighted by atomic mass is 16.5. The molecule has 1 aromatic rings. The Labute approximate surface area is 263 Å². The van der Waals surface area contributed by atoms with E-state index in [0.29, 0.717) is 18.7 Å². The molecule has 0 radical (unpaired) electrons. The van der Waals surface area contributed by atoms with Crippen LogP contribution in [0.3, 0.4) is 0 Å². The summed E-state index contributed by atoms with van der Waals surface area (Å²) in [5.74, 6) is -1.17. The number of esters is 1. The number of ether oxygens (including phenoxy) is 2. The smallest absolute Gasteiger partial charge is 0.341 e. The Balaban J connectivity index is 2.11. The molecule has 9 heteroatoms. The highest BCUT2D eigenvalue weighted by Gasteiger charge is 2.16. The predicted octanol–water partition coefficient (Wildman–Crippen LogP) is 7.36. The molecule has 4 N–H and O–H groups in total. The lowest BCUT2D eigenvalue weighted by atomic mass is 10.2. The van der Waals surface area contributed by atoms with E-state index in [0.717, 1.165) is 38.5 Å². The van der Waals surface area contributed by atoms with Gasteiger partial charge in [-0.15, -0.1) is 0 Å². The van der Waals surface area contributed by atoms with E-state index in [2.05, 4.69) is 76.2 Å². The van der Waals surface area contributed by atoms with Crippen molar-refractivity contribution in [1.82, 2.24) is 10.6 Å². The third-order valence-electron chi connectivity index (χ3n) is 6.57. The molecule has 0 fully saturated rings. The van der Waals surface area contributed by atoms with Crippen LogP contribution < -0.4 is 16.0 Å². The number of nitrogens with one attached hydrogen (secondary N) is 3. The molecule has 0 aliphatic rings. The second-order valence-corrected chi connectivity index (χ2v) is 10.2. The van der Waals surface area contributed by atoms with Gasteiger partial charge in [-0.25, -0.2) is 9.59 Å². The SMILES string of the molecule is CCCCCC=CCC=CCC=CCC=CCCCCOC(CC)C(=O)NCCNC(=O)Nc1ccc(O)c(C(=O)OC)c1. The van der Waals surface area contributed by atoms with E-state index in [9.17, 15) is 19.5 Å². The standard InChI is InChI=1S/C35H53N3O6/c1-4-6-7-8-9-10-11-12-13-14-15-16-17-18-19-20-21-22-27-44-32(5-2)33(40)36-25-26-37-35(42)38-29-23-24-31(39)30(28-29)34(41)43-3/h9-10,12-13,15-16,18-19,23-24,28,32,39H,4-8,11,14,17,20-22,25-27H2,1-3H3,(H,36,40)(H2,37,38,42). The molecule has 0 saturated carbocycles. The van der Waals surface area contributed by atoms with Crippen molar-refractivity contribution in [2.75, 3.05) is 32.1 Å². The lowest BCUT2D eigenvalue weighted by Gasteiger charge is -2.16. The van der Waals surface area contributed by atoms with Crippen LogP contribution in [-0.2, 0) is 14.3 Å². The van der Waals surface area contributed by atoms with E-state index < -0.39 is 18.1 Å². The number of phenols is 1. The molecule has 1 unspecified atom stereocenters. The van der Waals surface area contributed by atoms with E-state index in [4.69, 9.17) is 4.74 Å². The van der Waals surface area contributed by atoms with Crippen LogP contribution in [0.5, 0.6) is 5.75 Å². The zero-order valence-corrected chi connectivity index (χ0v) is 26.8. The van der Waals surface area contributed by atoms with Crippen molar-refractivity contribution < 1.29 is 29.0 Å². The molecular weight excluding hydrogens is 558 g/mol. The summed E-state index contributed by atoms with van der Waals surface area (Å²) in [5, 5.41) is 17.7. The summed E-state index contributed by atoms with van der Waals surface area (Å²) >= 11 is 0. The highest BCUT2D eigenvalue weighted by molar-refractivity contribution is 5.96. The Bertz CT molecular complexity index is 1080. The van der Waals surface area contributed by atoms with E-state index >= 15 is 0 Å². The molecule has 0 aliphatic heterocycles. The lowest BCUT2D eigenvalue weighted by Crippen LogP contribution is -2.41. The minimum Gasteiger partial charge on any atom is -0.507 e. The summed E-state index contributed by atoms with van der Waals surface area (Å²) < 4.78 is 10.4. The average molecular weight is 612 g/mol. The first-order chi connectivity index (χ1) is 21.4. The van der Waals surface area contributed by atoms with Crippen molar-refractivity contribution in [2.45, 2.75) is 90.6 Å². The number of amides is 3. The third-order valence-corrected chi connectivity index (χ3v) is 6.57. The number of hydrogen-bond acceptors (Lipinski definition) is 6. The summed E-state index contributed by atoms with van der Waals surface area (Å²) in [5.41, 5.74) is 0.255. The fraction of sp³-hybridized carbons (Fsp3) is 0.514. The zero-order valence-electron chi connectivity index (χ0n) is 26.8. The van der Waals surface area contributed by atoms with Crippen molar-refractivity contribution in [1.29, 1.82) is 0 Å². The number of hydrogen-bond donors (Lipinski definition) is 4. The summed E-state index contributed by atoms with van der Waals surface area (Å²) in [6.07, 6.45) is 28.6. The number of phenolic OH excluding ortho intramolecular Hbond substituents is 1. The van der Waals surface area contributed by atoms with Crippen LogP contribution in [-0.4, -0.2) is 55.9 Å². The molecule has 44 heavy (non-hydrogen) atoms. The quantitative estimate of drug-likeness (QED) is 0.0443. The second kappa shape index (κ2) is 25.6. The molecule has 0 aliphatic carbocycles. The summed E-state index contributed by atoms with van der Waals surface area (Å²) in [7, 11) is 1.20. The molecule has 9 nitrogen and oxygen atoms in total. The first-order valence-corrected chi connectivity index (χ1v) is 15.9. The van der Waals surface area contributed by atoms with Crippen molar-refractivity contribution in [3.8, 4) is 5.75 Å². The van der Waals surface area contributed by atoms with Gasteiger partial charge in [-0.3, -0.25) is 4.79 Å². The topological polar surface area (TPSA) is 126 Å². The van der Waals surface area contributed by atoms with Gasteiger partial charge in [0.15, 0.2) is 0 Å². The number of benzene rings is 1. The molecule has 244 valence electrons. The normalized spacial score (nSPS) is 12.3. The van der Waals surface area contributed by atoms with Crippen LogP contribution in [0.1, 0.15) is 94.8 Å². The summed E-state index contributed by atoms with van der Waals surface area (Å²) in [6, 6.07) is 3.55. The first kappa shape index (κ1) is 38.2. The number of unbranched alkanes of at least 4 members (excludes halogenated alkanes) is 5. The number of allylic oxidation sites excluding steroid dienone is 8. The Morgan fingerprint density at radius 1 is 0.818 bits per heavy atom. The van der Waals surface area contributed by atoms with Gasteiger partial charge in [0.25, 0.3) is 0 Å². The van der Waals surface area contributed by atoms with Gasteiger partial charge in [0.2, 0.25) is 5.91 Å². The van der Waals surface area contributed by atoms with Gasteiger partial charge in [-0.1, -0.05) is 75.3 Å². The van der Waals surface area contributed by atoms with Crippen molar-refractivity contribution in [3.63, 3.8) is 0 Å². The monoisotopic (exact) mass is 611 g/mol. The maximum atomic E-state index is 12.4. The van der Waals surface area contributed by atoms with Gasteiger partial charge < -0.3 is 30.5 Å². The van der Waals surface area contributed by atoms with E-state index in [1.807, 2.05) is 6.92 Å². The number of carbonyl (C=O) groups is 3. The van der Waals surface area contributed by atoms with Crippen LogP contribution >= 0.6 is 0 Å². The van der Waals surface area contributed by atoms with Crippen LogP contribution in [0.2, 0.25) is 0 Å². The van der Waals surface area contributed by atoms with Gasteiger partial charge in [0, 0.05) is 25.4 Å². The highest BCUT2D eigenvalue weighted by Crippen LogP contribution is 2.22. The molecule has 0 heterocycles. The number of anilines is 1. The van der Waals surface area contributed by atoms with E-state index in [1.54, 1.807) is 0 Å². The molecular formula is C35H53N3O6. The van der Waals surface area contributed by atoms with Crippen molar-refractivity contribution >= 4 is 23.6 Å². The zero-order chi connectivity index (χ0) is 32.3. The Kier molecular flexibility index (Phi) is 22.2. The fourth-order valence-corrected chi connectivity index (χ4v) is 4.07. The fourth-order valence-electron chi connectivity index (χ4n) is 4.07. The summed E-state index contributed by atoms with van der Waals surface area (Å²) in [4.78, 5) is 36.2. The molecule has 0 aromatic heterocycles. The number of urea groups is 1. The first-order valence-electron chi connectivity index (χ1n) is 15.9. The molecule has 1 rings (SSSR count). The Hall–Kier alpha value is -3.85. The van der Waals surface area contributed by atoms with Gasteiger partial charge >= 0.3 is 12.0 Å². The van der Waals surface area contributed by atoms with Gasteiger partial charge in [-0.2, -0.15) is 0 Å². The van der Waals surface area contributed by atoms with E-state index in [1.165, 1.54) is 51.0 Å². The van der Waals surface area contributed by atoms with Crippen LogP contribution in [0.25, 0.3) is 0 Å². The van der Waals surface area contributed by atoms with Gasteiger partial charge in [0.1, 0.15) is 17.4 Å². The molecule has 0 spiro atoms. The van der Waals surface area contributed by atoms with Gasteiger partial charge in [-0.05, 0) is 76.0 Å². The number of aromatic hydroxyl groups is 1. The molecule has 3 amide bonds. The van der Waals surface area contributed by atoms with Crippen LogP contribution in [0.4, 0.5) is 10.5 Å². The van der Waals surface area contributed by atoms with Crippen molar-refractivity contribution in [3.05, 3.63) is 72.4 Å². The Morgan fingerprint density at radius 2 is 1.41 bits per heavy atom. The van der Waals surface area contributed by atoms with Crippen LogP contribution in [0.15, 0.2) is 66.8 Å². The summed E-state index contributed by atoms with van der Waals surface area (Å²) in [6.45, 7) is 5.08. The largest absolute Gasteiger partial charge is 0.507 e. The minimum absolute atomic E-state index is 0.0569. The molecule has 1 atom stereocenters. The average Bonchev–Trinajstić information content (AvgIpc) is 3.02. The number of methoxy groups -OCH3 is 1. The second-order valence-electron chi connectivity index (χ2n) is 10.2. The minimum atomic E-state index is -0.714. The lowest BCUT2D eigenvalue weighted by molar-refractivity contribution is -0.133. The number of rotatable bonds is 23. The van der Waals surface area contributed by atoms with Gasteiger partial charge in [0.05, 0.1) is 7.11 Å². The van der Waals surface area contributed by atoms with Crippen molar-refractivity contribution in [2.24, 2.45) is 0 Å². The molecule has 0 bridgehead atoms. The predicted molar refractivity (Wildman–Crippen MR) is 178 cm³/mol. The maximum Gasteiger partial charge on any atom is 0.341 e. The third kappa shape index (κ3) is 18.6.